The van der Waals surface area contributed by atoms with E-state index >= 15 is 0 Å². The van der Waals surface area contributed by atoms with Crippen LogP contribution in [0.15, 0.2) is 30.3 Å². The van der Waals surface area contributed by atoms with E-state index in [2.05, 4.69) is 141 Å². The molecular weight excluding hydrogens is 420 g/mol. The van der Waals surface area contributed by atoms with Crippen molar-refractivity contribution in [1.82, 2.24) is 0 Å². The average Bonchev–Trinajstić information content (AvgIpc) is 2.63. The molecule has 0 saturated carbocycles. The van der Waals surface area contributed by atoms with E-state index in [4.69, 9.17) is 0 Å². The van der Waals surface area contributed by atoms with Gasteiger partial charge in [-0.1, -0.05) is 141 Å². The fraction of sp³-hybridized carbons (Fsp3) is 0.657. The van der Waals surface area contributed by atoms with E-state index in [1.807, 2.05) is 0 Å². The minimum Gasteiger partial charge on any atom is -0.0617 e. The number of hydrogen-bond acceptors (Lipinski definition) is 0. The van der Waals surface area contributed by atoms with E-state index in [1.165, 1.54) is 27.8 Å². The normalized spacial score (nSPS) is 14.9. The molecule has 1 atom stereocenters. The van der Waals surface area contributed by atoms with Gasteiger partial charge in [-0.3, -0.25) is 0 Å². The van der Waals surface area contributed by atoms with Crippen LogP contribution in [0.5, 0.6) is 0 Å². The van der Waals surface area contributed by atoms with E-state index in [0.717, 1.165) is 6.42 Å². The van der Waals surface area contributed by atoms with Crippen LogP contribution >= 0.6 is 0 Å². The van der Waals surface area contributed by atoms with Crippen molar-refractivity contribution in [2.45, 2.75) is 150 Å². The lowest BCUT2D eigenvalue weighted by Gasteiger charge is -2.37. The van der Waals surface area contributed by atoms with Gasteiger partial charge in [0.1, 0.15) is 0 Å². The fourth-order valence-corrected chi connectivity index (χ4v) is 5.61. The highest BCUT2D eigenvalue weighted by atomic mass is 14.4. The Hall–Kier alpha value is -1.56. The van der Waals surface area contributed by atoms with Gasteiger partial charge < -0.3 is 0 Å². The van der Waals surface area contributed by atoms with Crippen LogP contribution in [0.3, 0.4) is 0 Å². The molecule has 0 nitrogen and oxygen atoms in total. The molecule has 0 amide bonds. The summed E-state index contributed by atoms with van der Waals surface area (Å²) in [6.45, 7) is 38.0. The van der Waals surface area contributed by atoms with Gasteiger partial charge in [-0.15, -0.1) is 0 Å². The van der Waals surface area contributed by atoms with Gasteiger partial charge in [0.05, 0.1) is 0 Å². The third kappa shape index (κ3) is 6.81. The minimum atomic E-state index is 0.0878. The molecule has 35 heavy (non-hydrogen) atoms. The third-order valence-corrected chi connectivity index (χ3v) is 7.39. The molecule has 0 aliphatic heterocycles. The van der Waals surface area contributed by atoms with Gasteiger partial charge in [0, 0.05) is 0 Å². The Morgan fingerprint density at radius 2 is 0.971 bits per heavy atom. The second-order valence-electron chi connectivity index (χ2n) is 16.2. The molecule has 0 heterocycles. The summed E-state index contributed by atoms with van der Waals surface area (Å²) in [7, 11) is 0. The highest BCUT2D eigenvalue weighted by molar-refractivity contribution is 5.50. The van der Waals surface area contributed by atoms with Crippen LogP contribution in [-0.2, 0) is 33.5 Å². The molecule has 1 unspecified atom stereocenters. The van der Waals surface area contributed by atoms with Crippen LogP contribution in [-0.4, -0.2) is 0 Å². The summed E-state index contributed by atoms with van der Waals surface area (Å²) in [5.74, 6) is 0.434. The Morgan fingerprint density at radius 1 is 0.543 bits per heavy atom. The predicted octanol–water partition coefficient (Wildman–Crippen LogP) is 10.5. The first kappa shape index (κ1) is 29.7. The lowest BCUT2D eigenvalue weighted by atomic mass is 9.68. The zero-order valence-corrected chi connectivity index (χ0v) is 26.2. The fourth-order valence-electron chi connectivity index (χ4n) is 5.61. The quantitative estimate of drug-likeness (QED) is 0.413. The summed E-state index contributed by atoms with van der Waals surface area (Å²) >= 11 is 0. The van der Waals surface area contributed by atoms with Crippen LogP contribution < -0.4 is 0 Å². The first-order valence-electron chi connectivity index (χ1n) is 13.8. The molecular formula is C35H56. The minimum absolute atomic E-state index is 0.0878. The summed E-state index contributed by atoms with van der Waals surface area (Å²) in [4.78, 5) is 0. The van der Waals surface area contributed by atoms with Gasteiger partial charge in [-0.25, -0.2) is 0 Å². The van der Waals surface area contributed by atoms with Crippen LogP contribution in [0, 0.1) is 0 Å². The molecule has 196 valence electrons. The molecule has 2 rings (SSSR count). The third-order valence-electron chi connectivity index (χ3n) is 7.39. The first-order valence-corrected chi connectivity index (χ1v) is 13.8. The lowest BCUT2D eigenvalue weighted by Crippen LogP contribution is -2.27. The van der Waals surface area contributed by atoms with Crippen molar-refractivity contribution >= 4 is 0 Å². The largest absolute Gasteiger partial charge is 0.0617 e. The Labute approximate surface area is 219 Å². The SMILES string of the molecule is CC(Cc1cc(C(C)(C)C)cc(C(C)(C)C)c1C(C)(C)C)c1c(C(C)(C)C)cccc1C(C)(C)C. The second-order valence-corrected chi connectivity index (χ2v) is 16.2. The van der Waals surface area contributed by atoms with Crippen LogP contribution in [0.2, 0.25) is 0 Å². The molecule has 0 fully saturated rings. The van der Waals surface area contributed by atoms with Gasteiger partial charge in [-0.05, 0) is 78.4 Å². The average molecular weight is 477 g/mol. The lowest BCUT2D eigenvalue weighted by molar-refractivity contribution is 0.511. The van der Waals surface area contributed by atoms with E-state index in [9.17, 15) is 0 Å². The van der Waals surface area contributed by atoms with Crippen molar-refractivity contribution in [3.05, 3.63) is 69.3 Å². The van der Waals surface area contributed by atoms with Gasteiger partial charge in [0.25, 0.3) is 0 Å². The van der Waals surface area contributed by atoms with Crippen molar-refractivity contribution in [3.8, 4) is 0 Å². The maximum Gasteiger partial charge on any atom is -0.0126 e. The maximum absolute atomic E-state index is 2.54. The molecule has 2 aromatic rings. The Balaban J connectivity index is 2.88. The van der Waals surface area contributed by atoms with Crippen molar-refractivity contribution < 1.29 is 0 Å². The maximum atomic E-state index is 2.54. The van der Waals surface area contributed by atoms with Crippen molar-refractivity contribution in [2.24, 2.45) is 0 Å². The van der Waals surface area contributed by atoms with Crippen molar-refractivity contribution in [2.75, 3.05) is 0 Å². The number of benzene rings is 2. The second kappa shape index (κ2) is 9.39. The molecule has 0 spiro atoms. The van der Waals surface area contributed by atoms with Crippen LogP contribution in [0.4, 0.5) is 0 Å². The molecule has 0 heteroatoms. The number of hydrogen-bond donors (Lipinski definition) is 0. The van der Waals surface area contributed by atoms with Crippen LogP contribution in [0.1, 0.15) is 156 Å². The summed E-state index contributed by atoms with van der Waals surface area (Å²) in [6, 6.07) is 12.1. The topological polar surface area (TPSA) is 0 Å². The summed E-state index contributed by atoms with van der Waals surface area (Å²) in [5, 5.41) is 0. The smallest absolute Gasteiger partial charge is 0.0126 e. The van der Waals surface area contributed by atoms with Crippen molar-refractivity contribution in [1.29, 1.82) is 0 Å². The Kier molecular flexibility index (Phi) is 7.96. The van der Waals surface area contributed by atoms with Gasteiger partial charge in [-0.2, -0.15) is 0 Å². The predicted molar refractivity (Wildman–Crippen MR) is 159 cm³/mol. The zero-order chi connectivity index (χ0) is 27.4. The van der Waals surface area contributed by atoms with Gasteiger partial charge in [0.15, 0.2) is 0 Å². The Bertz CT molecular complexity index is 996. The van der Waals surface area contributed by atoms with E-state index in [-0.39, 0.29) is 27.1 Å². The highest BCUT2D eigenvalue weighted by Gasteiger charge is 2.33. The first-order chi connectivity index (χ1) is 15.5. The molecule has 0 radical (unpaired) electrons. The van der Waals surface area contributed by atoms with Gasteiger partial charge in [0.2, 0.25) is 0 Å². The molecule has 0 bridgehead atoms. The molecule has 2 aromatic carbocycles. The highest BCUT2D eigenvalue weighted by Crippen LogP contribution is 2.43. The summed E-state index contributed by atoms with van der Waals surface area (Å²) < 4.78 is 0. The van der Waals surface area contributed by atoms with E-state index < -0.39 is 0 Å². The van der Waals surface area contributed by atoms with E-state index in [1.54, 1.807) is 11.1 Å². The van der Waals surface area contributed by atoms with E-state index in [0.29, 0.717) is 5.92 Å². The van der Waals surface area contributed by atoms with Gasteiger partial charge >= 0.3 is 0 Å². The zero-order valence-electron chi connectivity index (χ0n) is 26.2. The Morgan fingerprint density at radius 3 is 1.31 bits per heavy atom. The number of rotatable bonds is 3. The van der Waals surface area contributed by atoms with Crippen molar-refractivity contribution in [3.63, 3.8) is 0 Å². The standard InChI is InChI=1S/C35H56/c1-23(29-26(32(5,6)7)18-17-19-27(29)33(8,9)10)20-24-21-25(31(2,3)4)22-28(34(11,12)13)30(24)35(14,15)16/h17-19,21-23H,20H2,1-16H3. The van der Waals surface area contributed by atoms with Crippen LogP contribution in [0.25, 0.3) is 0 Å². The summed E-state index contributed by atoms with van der Waals surface area (Å²) in [6.07, 6.45) is 1.07. The molecule has 0 N–H and O–H groups in total. The monoisotopic (exact) mass is 476 g/mol. The molecule has 0 saturated heterocycles. The summed E-state index contributed by atoms with van der Waals surface area (Å²) in [5.41, 5.74) is 11.1. The molecule has 0 aliphatic carbocycles. The molecule has 0 aliphatic rings. The molecule has 0 aromatic heterocycles.